The minimum atomic E-state index is -0.605. The number of hydrogen-bond acceptors (Lipinski definition) is 4. The number of carbonyl (C=O) groups is 1. The molecule has 3 N–H and O–H groups in total. The Bertz CT molecular complexity index is 482. The molecule has 5 nitrogen and oxygen atoms in total. The van der Waals surface area contributed by atoms with E-state index < -0.39 is 5.54 Å². The van der Waals surface area contributed by atoms with Gasteiger partial charge in [0.1, 0.15) is 0 Å². The van der Waals surface area contributed by atoms with Crippen LogP contribution in [0.25, 0.3) is 0 Å². The van der Waals surface area contributed by atoms with E-state index in [4.69, 9.17) is 10.5 Å². The lowest BCUT2D eigenvalue weighted by Crippen LogP contribution is -2.48. The van der Waals surface area contributed by atoms with Crippen LogP contribution in [0.4, 0.5) is 0 Å². The van der Waals surface area contributed by atoms with Crippen molar-refractivity contribution in [2.75, 3.05) is 32.8 Å². The van der Waals surface area contributed by atoms with E-state index in [1.807, 2.05) is 18.2 Å². The lowest BCUT2D eigenvalue weighted by Gasteiger charge is -2.35. The molecule has 0 aromatic heterocycles. The predicted molar refractivity (Wildman–Crippen MR) is 80.7 cm³/mol. The first-order valence-corrected chi connectivity index (χ1v) is 7.63. The molecular weight excluding hydrogens is 266 g/mol. The van der Waals surface area contributed by atoms with Crippen LogP contribution in [-0.2, 0) is 9.53 Å². The number of hydrogen-bond donors (Lipinski definition) is 2. The Morgan fingerprint density at radius 2 is 1.95 bits per heavy atom. The van der Waals surface area contributed by atoms with E-state index in [0.717, 1.165) is 39.1 Å². The highest BCUT2D eigenvalue weighted by molar-refractivity contribution is 5.88. The van der Waals surface area contributed by atoms with Gasteiger partial charge < -0.3 is 15.8 Å². The minimum Gasteiger partial charge on any atom is -0.379 e. The molecule has 1 aromatic rings. The number of amides is 1. The monoisotopic (exact) mass is 289 g/mol. The third-order valence-corrected chi connectivity index (χ3v) is 4.37. The maximum Gasteiger partial charge on any atom is 0.240 e. The van der Waals surface area contributed by atoms with Gasteiger partial charge in [0.15, 0.2) is 0 Å². The summed E-state index contributed by atoms with van der Waals surface area (Å²) >= 11 is 0. The molecule has 1 aliphatic heterocycles. The van der Waals surface area contributed by atoms with Gasteiger partial charge in [0.05, 0.1) is 24.8 Å². The number of ether oxygens (including phenoxy) is 1. The van der Waals surface area contributed by atoms with E-state index in [1.165, 1.54) is 5.56 Å². The summed E-state index contributed by atoms with van der Waals surface area (Å²) in [5.74, 6) is -0.0170. The Morgan fingerprint density at radius 1 is 1.29 bits per heavy atom. The van der Waals surface area contributed by atoms with Crippen LogP contribution in [-0.4, -0.2) is 49.2 Å². The van der Waals surface area contributed by atoms with Gasteiger partial charge in [-0.05, 0) is 18.4 Å². The number of benzene rings is 1. The van der Waals surface area contributed by atoms with Crippen LogP contribution in [0.3, 0.4) is 0 Å². The molecule has 1 saturated carbocycles. The molecule has 0 spiro atoms. The van der Waals surface area contributed by atoms with E-state index in [-0.39, 0.29) is 11.9 Å². The van der Waals surface area contributed by atoms with Gasteiger partial charge in [-0.25, -0.2) is 0 Å². The highest BCUT2D eigenvalue weighted by Crippen LogP contribution is 2.32. The van der Waals surface area contributed by atoms with Crippen LogP contribution in [0.5, 0.6) is 0 Å². The number of carbonyl (C=O) groups excluding carboxylic acids is 1. The van der Waals surface area contributed by atoms with Gasteiger partial charge in [-0.1, -0.05) is 30.3 Å². The summed E-state index contributed by atoms with van der Waals surface area (Å²) in [6.45, 7) is 3.88. The quantitative estimate of drug-likeness (QED) is 0.836. The maximum absolute atomic E-state index is 12.1. The Balaban J connectivity index is 1.68. The first kappa shape index (κ1) is 14.5. The van der Waals surface area contributed by atoms with Crippen molar-refractivity contribution in [1.82, 2.24) is 10.2 Å². The summed E-state index contributed by atoms with van der Waals surface area (Å²) in [6, 6.07) is 10.5. The summed E-state index contributed by atoms with van der Waals surface area (Å²) in [5.41, 5.74) is 6.57. The van der Waals surface area contributed by atoms with E-state index in [9.17, 15) is 4.79 Å². The summed E-state index contributed by atoms with van der Waals surface area (Å²) in [7, 11) is 0. The first-order valence-electron chi connectivity index (χ1n) is 7.63. The van der Waals surface area contributed by atoms with Crippen molar-refractivity contribution in [3.8, 4) is 0 Å². The smallest absolute Gasteiger partial charge is 0.240 e. The molecule has 1 heterocycles. The zero-order valence-electron chi connectivity index (χ0n) is 12.3. The van der Waals surface area contributed by atoms with Crippen LogP contribution in [0, 0.1) is 0 Å². The molecule has 3 rings (SSSR count). The van der Waals surface area contributed by atoms with Crippen molar-refractivity contribution in [3.63, 3.8) is 0 Å². The number of nitrogens with two attached hydrogens (primary N) is 1. The second-order valence-electron chi connectivity index (χ2n) is 5.94. The standard InChI is InChI=1S/C16H23N3O2/c17-16(6-7-16)15(20)18-12-14(13-4-2-1-3-5-13)19-8-10-21-11-9-19/h1-5,14H,6-12,17H2,(H,18,20). The third kappa shape index (κ3) is 3.43. The third-order valence-electron chi connectivity index (χ3n) is 4.37. The molecule has 1 unspecified atom stereocenters. The number of nitrogens with zero attached hydrogens (tertiary/aromatic N) is 1. The van der Waals surface area contributed by atoms with Crippen molar-refractivity contribution >= 4 is 5.91 Å². The molecule has 0 bridgehead atoms. The number of morpholine rings is 1. The van der Waals surface area contributed by atoms with Crippen molar-refractivity contribution in [1.29, 1.82) is 0 Å². The highest BCUT2D eigenvalue weighted by atomic mass is 16.5. The molecule has 114 valence electrons. The molecular formula is C16H23N3O2. The van der Waals surface area contributed by atoms with E-state index in [1.54, 1.807) is 0 Å². The Kier molecular flexibility index (Phi) is 4.24. The average Bonchev–Trinajstić information content (AvgIpc) is 3.29. The average molecular weight is 289 g/mol. The minimum absolute atomic E-state index is 0.0170. The lowest BCUT2D eigenvalue weighted by molar-refractivity contribution is -0.123. The van der Waals surface area contributed by atoms with Gasteiger partial charge in [0, 0.05) is 19.6 Å². The Labute approximate surface area is 125 Å². The van der Waals surface area contributed by atoms with Gasteiger partial charge in [-0.2, -0.15) is 0 Å². The maximum atomic E-state index is 12.1. The molecule has 1 atom stereocenters. The van der Waals surface area contributed by atoms with Gasteiger partial charge >= 0.3 is 0 Å². The van der Waals surface area contributed by atoms with Gasteiger partial charge in [0.25, 0.3) is 0 Å². The van der Waals surface area contributed by atoms with Crippen molar-refractivity contribution in [2.45, 2.75) is 24.4 Å². The molecule has 2 fully saturated rings. The van der Waals surface area contributed by atoms with Gasteiger partial charge in [-0.3, -0.25) is 9.69 Å². The zero-order chi connectivity index (χ0) is 14.7. The molecule has 2 aliphatic rings. The van der Waals surface area contributed by atoms with Gasteiger partial charge in [0.2, 0.25) is 5.91 Å². The fourth-order valence-corrected chi connectivity index (χ4v) is 2.75. The van der Waals surface area contributed by atoms with E-state index in [2.05, 4.69) is 22.3 Å². The predicted octanol–water partition coefficient (Wildman–Crippen LogP) is 0.667. The fraction of sp³-hybridized carbons (Fsp3) is 0.562. The van der Waals surface area contributed by atoms with Crippen LogP contribution >= 0.6 is 0 Å². The van der Waals surface area contributed by atoms with E-state index in [0.29, 0.717) is 6.54 Å². The van der Waals surface area contributed by atoms with Crippen LogP contribution in [0.1, 0.15) is 24.4 Å². The number of nitrogens with one attached hydrogen (secondary N) is 1. The van der Waals surface area contributed by atoms with Crippen molar-refractivity contribution in [3.05, 3.63) is 35.9 Å². The molecule has 1 aliphatic carbocycles. The second-order valence-corrected chi connectivity index (χ2v) is 5.94. The molecule has 5 heteroatoms. The van der Waals surface area contributed by atoms with Crippen molar-refractivity contribution < 1.29 is 9.53 Å². The molecule has 0 radical (unpaired) electrons. The largest absolute Gasteiger partial charge is 0.379 e. The lowest BCUT2D eigenvalue weighted by atomic mass is 10.0. The van der Waals surface area contributed by atoms with E-state index >= 15 is 0 Å². The topological polar surface area (TPSA) is 67.6 Å². The van der Waals surface area contributed by atoms with Crippen LogP contribution in [0.15, 0.2) is 30.3 Å². The SMILES string of the molecule is NC1(C(=O)NCC(c2ccccc2)N2CCOCC2)CC1. The molecule has 21 heavy (non-hydrogen) atoms. The molecule has 1 aromatic carbocycles. The van der Waals surface area contributed by atoms with Gasteiger partial charge in [-0.15, -0.1) is 0 Å². The second kappa shape index (κ2) is 6.13. The normalized spacial score (nSPS) is 22.5. The Morgan fingerprint density at radius 3 is 2.57 bits per heavy atom. The van der Waals surface area contributed by atoms with Crippen LogP contribution < -0.4 is 11.1 Å². The molecule has 1 amide bonds. The summed E-state index contributed by atoms with van der Waals surface area (Å²) in [5, 5.41) is 3.03. The number of rotatable bonds is 5. The summed E-state index contributed by atoms with van der Waals surface area (Å²) in [4.78, 5) is 14.4. The highest BCUT2D eigenvalue weighted by Gasteiger charge is 2.46. The van der Waals surface area contributed by atoms with Crippen LogP contribution in [0.2, 0.25) is 0 Å². The zero-order valence-corrected chi connectivity index (χ0v) is 12.3. The van der Waals surface area contributed by atoms with Crippen molar-refractivity contribution in [2.24, 2.45) is 5.73 Å². The fourth-order valence-electron chi connectivity index (χ4n) is 2.75. The first-order chi connectivity index (χ1) is 10.2. The summed E-state index contributed by atoms with van der Waals surface area (Å²) < 4.78 is 5.43. The summed E-state index contributed by atoms with van der Waals surface area (Å²) in [6.07, 6.45) is 1.60. The molecule has 1 saturated heterocycles. The Hall–Kier alpha value is -1.43.